The quantitative estimate of drug-likeness (QED) is 0.592. The largest absolute Gasteiger partial charge is 0.497 e. The summed E-state index contributed by atoms with van der Waals surface area (Å²) in [5.41, 5.74) is 5.69. The summed E-state index contributed by atoms with van der Waals surface area (Å²) in [6.45, 7) is 12.7. The average Bonchev–Trinajstić information content (AvgIpc) is 2.47. The molecule has 2 aromatic carbocycles. The molecule has 25 heavy (non-hydrogen) atoms. The van der Waals surface area contributed by atoms with E-state index in [0.717, 1.165) is 33.3 Å². The Morgan fingerprint density at radius 1 is 0.960 bits per heavy atom. The Labute approximate surface area is 165 Å². The number of carbonyl (C=O) groups excluding carboxylic acids is 1. The topological polar surface area (TPSA) is 26.3 Å². The Morgan fingerprint density at radius 2 is 1.52 bits per heavy atom. The molecule has 4 heteroatoms. The van der Waals surface area contributed by atoms with Gasteiger partial charge in [-0.15, -0.1) is 0 Å². The van der Waals surface area contributed by atoms with Gasteiger partial charge in [0.2, 0.25) is 0 Å². The van der Waals surface area contributed by atoms with Gasteiger partial charge in [0.1, 0.15) is 5.75 Å². The number of rotatable bonds is 4. The third-order valence-electron chi connectivity index (χ3n) is 4.31. The molecule has 129 valence electrons. The summed E-state index contributed by atoms with van der Waals surface area (Å²) in [5.74, 6) is 0.829. The molecule has 0 N–H and O–H groups in total. The standard InChI is InChI=1S/C21H27O2P.Li/c1-13-12-17(23-7)8-9-18(13)24-20(22)19-14(2)10-16(11-15(19)3)21(4,5)6;/h8-12,24H,1-7H3;. The molecule has 0 spiro atoms. The van der Waals surface area contributed by atoms with Crippen LogP contribution in [-0.4, -0.2) is 31.5 Å². The third kappa shape index (κ3) is 5.21. The Balaban J connectivity index is 0.00000312. The number of hydrogen-bond donors (Lipinski definition) is 0. The fourth-order valence-electron chi connectivity index (χ4n) is 2.84. The van der Waals surface area contributed by atoms with Crippen LogP contribution in [0, 0.1) is 20.8 Å². The van der Waals surface area contributed by atoms with E-state index >= 15 is 0 Å². The maximum Gasteiger partial charge on any atom is 0.186 e. The first-order valence-electron chi connectivity index (χ1n) is 8.21. The summed E-state index contributed by atoms with van der Waals surface area (Å²) < 4.78 is 5.24. The van der Waals surface area contributed by atoms with Gasteiger partial charge in [0, 0.05) is 24.4 Å². The van der Waals surface area contributed by atoms with Crippen LogP contribution in [0.4, 0.5) is 0 Å². The second-order valence-corrected chi connectivity index (χ2v) is 8.61. The summed E-state index contributed by atoms with van der Waals surface area (Å²) in [5, 5.41) is 1.08. The van der Waals surface area contributed by atoms with Gasteiger partial charge in [0.05, 0.1) is 7.11 Å². The van der Waals surface area contributed by atoms with Crippen molar-refractivity contribution in [3.05, 3.63) is 58.1 Å². The molecule has 1 radical (unpaired) electrons. The van der Waals surface area contributed by atoms with Crippen LogP contribution >= 0.6 is 8.58 Å². The monoisotopic (exact) mass is 349 g/mol. The number of benzene rings is 2. The van der Waals surface area contributed by atoms with Gasteiger partial charge in [-0.2, -0.15) is 0 Å². The predicted octanol–water partition coefficient (Wildman–Crippen LogP) is 4.68. The van der Waals surface area contributed by atoms with Crippen LogP contribution in [0.3, 0.4) is 0 Å². The average molecular weight is 349 g/mol. The van der Waals surface area contributed by atoms with Crippen LogP contribution in [0.5, 0.6) is 5.75 Å². The van der Waals surface area contributed by atoms with Crippen LogP contribution < -0.4 is 10.0 Å². The summed E-state index contributed by atoms with van der Waals surface area (Å²) >= 11 is 0. The molecule has 1 atom stereocenters. The van der Waals surface area contributed by atoms with Gasteiger partial charge in [0.25, 0.3) is 0 Å². The Kier molecular flexibility index (Phi) is 7.51. The number of hydrogen-bond acceptors (Lipinski definition) is 2. The Morgan fingerprint density at radius 3 is 1.96 bits per heavy atom. The van der Waals surface area contributed by atoms with Crippen molar-refractivity contribution in [1.29, 1.82) is 0 Å². The first-order chi connectivity index (χ1) is 11.1. The SMILES string of the molecule is COc1ccc(PC(=O)c2c(C)cc(C(C)(C)C)cc2C)c(C)c1.[Li]. The van der Waals surface area contributed by atoms with Gasteiger partial charge < -0.3 is 4.74 Å². The summed E-state index contributed by atoms with van der Waals surface area (Å²) in [7, 11) is 1.79. The molecule has 0 fully saturated rings. The number of ether oxygens (including phenoxy) is 1. The van der Waals surface area contributed by atoms with Crippen molar-refractivity contribution in [3.8, 4) is 5.75 Å². The summed E-state index contributed by atoms with van der Waals surface area (Å²) in [6.07, 6.45) is 0. The Bertz CT molecular complexity index is 753. The van der Waals surface area contributed by atoms with E-state index in [1.807, 2.05) is 39.0 Å². The predicted molar refractivity (Wildman–Crippen MR) is 110 cm³/mol. The zero-order chi connectivity index (χ0) is 18.1. The summed E-state index contributed by atoms with van der Waals surface area (Å²) in [4.78, 5) is 12.9. The zero-order valence-electron chi connectivity index (χ0n) is 16.7. The van der Waals surface area contributed by atoms with Crippen LogP contribution in [-0.2, 0) is 5.41 Å². The molecule has 2 aromatic rings. The van der Waals surface area contributed by atoms with Gasteiger partial charge in [-0.1, -0.05) is 39.0 Å². The fourth-order valence-corrected chi connectivity index (χ4v) is 4.04. The second-order valence-electron chi connectivity index (χ2n) is 7.37. The maximum absolute atomic E-state index is 12.9. The van der Waals surface area contributed by atoms with Crippen molar-refractivity contribution in [2.24, 2.45) is 0 Å². The van der Waals surface area contributed by atoms with Crippen molar-refractivity contribution >= 4 is 38.3 Å². The van der Waals surface area contributed by atoms with Crippen LogP contribution in [0.2, 0.25) is 0 Å². The van der Waals surface area contributed by atoms with Crippen LogP contribution in [0.25, 0.3) is 0 Å². The molecule has 1 unspecified atom stereocenters. The molecule has 0 aromatic heterocycles. The van der Waals surface area contributed by atoms with E-state index in [1.54, 1.807) is 7.11 Å². The van der Waals surface area contributed by atoms with Crippen molar-refractivity contribution < 1.29 is 9.53 Å². The fraction of sp³-hybridized carbons (Fsp3) is 0.381. The minimum Gasteiger partial charge on any atom is -0.497 e. The van der Waals surface area contributed by atoms with Crippen molar-refractivity contribution in [1.82, 2.24) is 0 Å². The second kappa shape index (κ2) is 8.55. The third-order valence-corrected chi connectivity index (χ3v) is 5.61. The minimum atomic E-state index is 0. The number of carbonyl (C=O) groups is 1. The molecule has 0 amide bonds. The van der Waals surface area contributed by atoms with Gasteiger partial charge >= 0.3 is 0 Å². The van der Waals surface area contributed by atoms with Crippen molar-refractivity contribution in [2.45, 2.75) is 47.0 Å². The molecule has 2 rings (SSSR count). The first-order valence-corrected chi connectivity index (χ1v) is 9.21. The van der Waals surface area contributed by atoms with E-state index in [9.17, 15) is 4.79 Å². The van der Waals surface area contributed by atoms with Crippen molar-refractivity contribution in [3.63, 3.8) is 0 Å². The van der Waals surface area contributed by atoms with Crippen LogP contribution in [0.1, 0.15) is 53.4 Å². The first kappa shape index (κ1) is 22.0. The molecular formula is C21H27LiO2P. The molecule has 0 heterocycles. The van der Waals surface area contributed by atoms with E-state index in [4.69, 9.17) is 4.74 Å². The maximum atomic E-state index is 12.9. The van der Waals surface area contributed by atoms with E-state index in [0.29, 0.717) is 0 Å². The van der Waals surface area contributed by atoms with E-state index in [2.05, 4.69) is 32.9 Å². The van der Waals surface area contributed by atoms with Gasteiger partial charge in [-0.3, -0.25) is 4.79 Å². The number of aryl methyl sites for hydroxylation is 3. The molecule has 0 saturated carbocycles. The van der Waals surface area contributed by atoms with Gasteiger partial charge in [-0.25, -0.2) is 0 Å². The molecule has 0 aliphatic heterocycles. The van der Waals surface area contributed by atoms with E-state index in [-0.39, 0.29) is 38.4 Å². The van der Waals surface area contributed by atoms with Gasteiger partial charge in [-0.05, 0) is 74.5 Å². The molecule has 0 aliphatic rings. The summed E-state index contributed by atoms with van der Waals surface area (Å²) in [6, 6.07) is 10.2. The van der Waals surface area contributed by atoms with Crippen molar-refractivity contribution in [2.75, 3.05) is 7.11 Å². The van der Waals surface area contributed by atoms with E-state index < -0.39 is 0 Å². The molecule has 0 saturated heterocycles. The number of methoxy groups -OCH3 is 1. The molecular weight excluding hydrogens is 322 g/mol. The zero-order valence-corrected chi connectivity index (χ0v) is 17.7. The molecule has 0 aliphatic carbocycles. The molecule has 2 nitrogen and oxygen atoms in total. The van der Waals surface area contributed by atoms with E-state index in [1.165, 1.54) is 5.56 Å². The smallest absolute Gasteiger partial charge is 0.186 e. The van der Waals surface area contributed by atoms with Crippen LogP contribution in [0.15, 0.2) is 30.3 Å². The minimum absolute atomic E-state index is 0. The normalized spacial score (nSPS) is 11.5. The van der Waals surface area contributed by atoms with Gasteiger partial charge in [0.15, 0.2) is 5.52 Å². The Hall–Kier alpha value is -1.06. The molecule has 0 bridgehead atoms.